The van der Waals surface area contributed by atoms with E-state index < -0.39 is 5.97 Å². The molecule has 1 heterocycles. The minimum absolute atomic E-state index is 0.395. The molecule has 3 rings (SSSR count). The molecular weight excluding hydrogens is 274 g/mol. The molecular formula is C16H10ClNO2. The Morgan fingerprint density at radius 1 is 1.05 bits per heavy atom. The van der Waals surface area contributed by atoms with Crippen LogP contribution in [0.4, 0.5) is 0 Å². The summed E-state index contributed by atoms with van der Waals surface area (Å²) in [7, 11) is 0. The minimum atomic E-state index is -0.395. The zero-order valence-electron chi connectivity index (χ0n) is 10.4. The average Bonchev–Trinajstić information content (AvgIpc) is 2.48. The van der Waals surface area contributed by atoms with E-state index in [4.69, 9.17) is 16.3 Å². The summed E-state index contributed by atoms with van der Waals surface area (Å²) in [6.07, 6.45) is 1.59. The molecule has 0 aliphatic heterocycles. The molecule has 0 aliphatic carbocycles. The van der Waals surface area contributed by atoms with E-state index in [2.05, 4.69) is 4.98 Å². The number of pyridine rings is 1. The van der Waals surface area contributed by atoms with Gasteiger partial charge in [-0.05, 0) is 36.4 Å². The number of ether oxygens (including phenoxy) is 1. The lowest BCUT2D eigenvalue weighted by Gasteiger charge is -2.07. The summed E-state index contributed by atoms with van der Waals surface area (Å²) in [5.41, 5.74) is 1.20. The summed E-state index contributed by atoms with van der Waals surface area (Å²) in [6.45, 7) is 0. The molecule has 0 saturated heterocycles. The third-order valence-electron chi connectivity index (χ3n) is 2.88. The third-order valence-corrected chi connectivity index (χ3v) is 3.11. The molecule has 98 valence electrons. The maximum Gasteiger partial charge on any atom is 0.343 e. The molecule has 1 aromatic heterocycles. The van der Waals surface area contributed by atoms with Crippen molar-refractivity contribution in [2.45, 2.75) is 0 Å². The lowest BCUT2D eigenvalue weighted by atomic mass is 10.2. The van der Waals surface area contributed by atoms with E-state index in [0.29, 0.717) is 21.9 Å². The van der Waals surface area contributed by atoms with Gasteiger partial charge in [0.1, 0.15) is 5.75 Å². The number of esters is 1. The zero-order chi connectivity index (χ0) is 13.9. The number of aromatic nitrogens is 1. The molecule has 0 fully saturated rings. The maximum absolute atomic E-state index is 12.1. The van der Waals surface area contributed by atoms with Gasteiger partial charge in [-0.2, -0.15) is 0 Å². The Kier molecular flexibility index (Phi) is 3.35. The highest BCUT2D eigenvalue weighted by Gasteiger charge is 2.10. The number of fused-ring (bicyclic) bond motifs is 1. The number of halogens is 1. The molecule has 0 spiro atoms. The van der Waals surface area contributed by atoms with E-state index >= 15 is 0 Å². The molecule has 20 heavy (non-hydrogen) atoms. The number of benzene rings is 2. The van der Waals surface area contributed by atoms with Crippen LogP contribution in [0.25, 0.3) is 10.9 Å². The molecule has 0 radical (unpaired) electrons. The largest absolute Gasteiger partial charge is 0.422 e. The van der Waals surface area contributed by atoms with Crippen LogP contribution in [0.5, 0.6) is 5.75 Å². The van der Waals surface area contributed by atoms with Crippen molar-refractivity contribution < 1.29 is 9.53 Å². The van der Waals surface area contributed by atoms with Gasteiger partial charge in [0.15, 0.2) is 0 Å². The summed E-state index contributed by atoms with van der Waals surface area (Å²) < 4.78 is 5.43. The Morgan fingerprint density at radius 2 is 1.85 bits per heavy atom. The van der Waals surface area contributed by atoms with Crippen LogP contribution in [0, 0.1) is 0 Å². The zero-order valence-corrected chi connectivity index (χ0v) is 11.2. The van der Waals surface area contributed by atoms with Crippen molar-refractivity contribution in [3.63, 3.8) is 0 Å². The van der Waals surface area contributed by atoms with Crippen LogP contribution in [0.2, 0.25) is 5.02 Å². The van der Waals surface area contributed by atoms with Crippen LogP contribution in [-0.2, 0) is 0 Å². The first kappa shape index (κ1) is 12.6. The van der Waals surface area contributed by atoms with Crippen molar-refractivity contribution in [1.82, 2.24) is 4.98 Å². The molecule has 0 bridgehead atoms. The second-order valence-corrected chi connectivity index (χ2v) is 4.66. The molecule has 0 amide bonds. The molecule has 0 unspecified atom stereocenters. The second kappa shape index (κ2) is 5.31. The van der Waals surface area contributed by atoms with Crippen molar-refractivity contribution >= 4 is 28.5 Å². The van der Waals surface area contributed by atoms with Gasteiger partial charge in [-0.25, -0.2) is 4.79 Å². The van der Waals surface area contributed by atoms with Gasteiger partial charge < -0.3 is 4.74 Å². The topological polar surface area (TPSA) is 39.2 Å². The molecule has 3 nitrogen and oxygen atoms in total. The summed E-state index contributed by atoms with van der Waals surface area (Å²) in [4.78, 5) is 16.3. The molecule has 0 saturated carbocycles. The lowest BCUT2D eigenvalue weighted by molar-refractivity contribution is 0.0737. The fourth-order valence-corrected chi connectivity index (χ4v) is 2.08. The Morgan fingerprint density at radius 3 is 2.65 bits per heavy atom. The smallest absolute Gasteiger partial charge is 0.343 e. The Hall–Kier alpha value is -2.39. The molecule has 2 aromatic carbocycles. The molecule has 0 N–H and O–H groups in total. The highest BCUT2D eigenvalue weighted by atomic mass is 35.5. The monoisotopic (exact) mass is 283 g/mol. The van der Waals surface area contributed by atoms with Crippen molar-refractivity contribution in [3.05, 3.63) is 71.4 Å². The van der Waals surface area contributed by atoms with Gasteiger partial charge in [0.05, 0.1) is 11.1 Å². The van der Waals surface area contributed by atoms with Crippen molar-refractivity contribution in [2.75, 3.05) is 0 Å². The number of nitrogens with zero attached hydrogens (tertiary/aromatic N) is 1. The van der Waals surface area contributed by atoms with E-state index in [0.717, 1.165) is 5.39 Å². The predicted octanol–water partition coefficient (Wildman–Crippen LogP) is 4.11. The van der Waals surface area contributed by atoms with Crippen LogP contribution in [0.15, 0.2) is 60.8 Å². The standard InChI is InChI=1S/C16H10ClNO2/c17-12-6-7-13-14(10-12)18-9-8-15(13)20-16(19)11-4-2-1-3-5-11/h1-10H. The second-order valence-electron chi connectivity index (χ2n) is 4.23. The number of carbonyl (C=O) groups is 1. The maximum atomic E-state index is 12.1. The highest BCUT2D eigenvalue weighted by molar-refractivity contribution is 6.31. The summed E-state index contributed by atoms with van der Waals surface area (Å²) in [6, 6.07) is 15.8. The van der Waals surface area contributed by atoms with Crippen molar-refractivity contribution in [2.24, 2.45) is 0 Å². The predicted molar refractivity (Wildman–Crippen MR) is 78.2 cm³/mol. The van der Waals surface area contributed by atoms with Gasteiger partial charge in [0, 0.05) is 16.6 Å². The first-order valence-corrected chi connectivity index (χ1v) is 6.43. The number of rotatable bonds is 2. The van der Waals surface area contributed by atoms with Gasteiger partial charge in [0.2, 0.25) is 0 Å². The highest BCUT2D eigenvalue weighted by Crippen LogP contribution is 2.26. The average molecular weight is 284 g/mol. The van der Waals surface area contributed by atoms with Gasteiger partial charge in [0.25, 0.3) is 0 Å². The Bertz CT molecular complexity index is 772. The minimum Gasteiger partial charge on any atom is -0.422 e. The van der Waals surface area contributed by atoms with Crippen LogP contribution in [0.3, 0.4) is 0 Å². The van der Waals surface area contributed by atoms with Crippen LogP contribution < -0.4 is 4.74 Å². The first-order chi connectivity index (χ1) is 9.74. The third kappa shape index (κ3) is 2.49. The summed E-state index contributed by atoms with van der Waals surface area (Å²) in [5.74, 6) is 0.0774. The normalized spacial score (nSPS) is 10.4. The fraction of sp³-hybridized carbons (Fsp3) is 0. The van der Waals surface area contributed by atoms with Crippen LogP contribution in [-0.4, -0.2) is 11.0 Å². The quantitative estimate of drug-likeness (QED) is 0.665. The van der Waals surface area contributed by atoms with Crippen LogP contribution >= 0.6 is 11.6 Å². The van der Waals surface area contributed by atoms with E-state index in [1.807, 2.05) is 6.07 Å². The van der Waals surface area contributed by atoms with Crippen molar-refractivity contribution in [3.8, 4) is 5.75 Å². The fourth-order valence-electron chi connectivity index (χ4n) is 1.92. The molecule has 4 heteroatoms. The van der Waals surface area contributed by atoms with Gasteiger partial charge in [-0.1, -0.05) is 29.8 Å². The lowest BCUT2D eigenvalue weighted by Crippen LogP contribution is -2.08. The SMILES string of the molecule is O=C(Oc1ccnc2cc(Cl)ccc12)c1ccccc1. The summed E-state index contributed by atoms with van der Waals surface area (Å²) >= 11 is 5.92. The Balaban J connectivity index is 1.97. The number of hydrogen-bond donors (Lipinski definition) is 0. The first-order valence-electron chi connectivity index (χ1n) is 6.05. The van der Waals surface area contributed by atoms with Crippen molar-refractivity contribution in [1.29, 1.82) is 0 Å². The van der Waals surface area contributed by atoms with Crippen LogP contribution in [0.1, 0.15) is 10.4 Å². The number of hydrogen-bond acceptors (Lipinski definition) is 3. The summed E-state index contributed by atoms with van der Waals surface area (Å²) in [5, 5.41) is 1.35. The van der Waals surface area contributed by atoms with Gasteiger partial charge >= 0.3 is 5.97 Å². The molecule has 0 aliphatic rings. The van der Waals surface area contributed by atoms with E-state index in [1.54, 1.807) is 54.7 Å². The number of carbonyl (C=O) groups excluding carboxylic acids is 1. The van der Waals surface area contributed by atoms with E-state index in [1.165, 1.54) is 0 Å². The molecule has 0 atom stereocenters. The van der Waals surface area contributed by atoms with E-state index in [-0.39, 0.29) is 0 Å². The van der Waals surface area contributed by atoms with E-state index in [9.17, 15) is 4.79 Å². The Labute approximate surface area is 120 Å². The molecule has 3 aromatic rings. The van der Waals surface area contributed by atoms with Gasteiger partial charge in [-0.3, -0.25) is 4.98 Å². The van der Waals surface area contributed by atoms with Gasteiger partial charge in [-0.15, -0.1) is 0 Å².